The highest BCUT2D eigenvalue weighted by atomic mass is 16.1. The van der Waals surface area contributed by atoms with Crippen molar-refractivity contribution >= 4 is 23.2 Å². The minimum absolute atomic E-state index is 0.205. The molecule has 0 bridgehead atoms. The Morgan fingerprint density at radius 3 is 2.91 bits per heavy atom. The molecule has 6 heteroatoms. The zero-order chi connectivity index (χ0) is 15.5. The Morgan fingerprint density at radius 1 is 1.27 bits per heavy atom. The third-order valence-corrected chi connectivity index (χ3v) is 3.45. The molecule has 1 aromatic heterocycles. The second-order valence-electron chi connectivity index (χ2n) is 5.05. The first-order valence-electron chi connectivity index (χ1n) is 7.03. The normalized spacial score (nSPS) is 14.2. The lowest BCUT2D eigenvalue weighted by Crippen LogP contribution is -2.27. The van der Waals surface area contributed by atoms with Crippen molar-refractivity contribution in [3.05, 3.63) is 42.6 Å². The number of nitrogens with zero attached hydrogens (tertiary/aromatic N) is 3. The summed E-state index contributed by atoms with van der Waals surface area (Å²) in [7, 11) is 1.78. The number of rotatable bonds is 3. The van der Waals surface area contributed by atoms with Crippen LogP contribution in [0.25, 0.3) is 11.3 Å². The molecule has 0 radical (unpaired) electrons. The monoisotopic (exact) mass is 295 g/mol. The molecule has 0 aliphatic carbocycles. The van der Waals surface area contributed by atoms with Crippen LogP contribution in [0, 0.1) is 0 Å². The number of benzene rings is 1. The maximum absolute atomic E-state index is 11.6. The fourth-order valence-electron chi connectivity index (χ4n) is 2.38. The number of Topliss-reactive ketones (excluding diaryl/α,β-unsaturated/α-hetero) is 1. The summed E-state index contributed by atoms with van der Waals surface area (Å²) in [5, 5.41) is 2.96. The van der Waals surface area contributed by atoms with Crippen molar-refractivity contribution in [3.63, 3.8) is 0 Å². The molecular formula is C16H17N5O. The Labute approximate surface area is 128 Å². The van der Waals surface area contributed by atoms with Crippen LogP contribution in [0.3, 0.4) is 0 Å². The summed E-state index contributed by atoms with van der Waals surface area (Å²) in [6, 6.07) is 9.70. The van der Waals surface area contributed by atoms with Crippen molar-refractivity contribution in [2.24, 2.45) is 0 Å². The second kappa shape index (κ2) is 5.85. The molecule has 1 aliphatic heterocycles. The minimum atomic E-state index is 0.205. The smallest absolute Gasteiger partial charge is 0.222 e. The maximum Gasteiger partial charge on any atom is 0.222 e. The van der Waals surface area contributed by atoms with E-state index in [1.54, 1.807) is 7.05 Å². The van der Waals surface area contributed by atoms with Crippen LogP contribution in [-0.2, 0) is 4.79 Å². The number of hydrogen-bond acceptors (Lipinski definition) is 6. The average Bonchev–Trinajstić information content (AvgIpc) is 2.54. The number of ketones is 1. The lowest BCUT2D eigenvalue weighted by atomic mass is 10.1. The Hall–Kier alpha value is -2.89. The number of nitrogens with one attached hydrogen (secondary N) is 1. The molecule has 0 saturated carbocycles. The maximum atomic E-state index is 11.6. The highest BCUT2D eigenvalue weighted by Crippen LogP contribution is 2.26. The largest absolute Gasteiger partial charge is 0.373 e. The first kappa shape index (κ1) is 14.1. The van der Waals surface area contributed by atoms with Gasteiger partial charge in [0.05, 0.1) is 12.2 Å². The SMILES string of the molecule is CNc1cc(-c2cccc(N3C=CCC(=O)C3)c2)nc(N)n1. The van der Waals surface area contributed by atoms with Crippen molar-refractivity contribution in [2.75, 3.05) is 29.5 Å². The number of anilines is 3. The van der Waals surface area contributed by atoms with E-state index in [4.69, 9.17) is 5.73 Å². The van der Waals surface area contributed by atoms with Gasteiger partial charge in [-0.2, -0.15) is 4.98 Å². The van der Waals surface area contributed by atoms with Gasteiger partial charge in [0.15, 0.2) is 5.78 Å². The summed E-state index contributed by atoms with van der Waals surface area (Å²) in [4.78, 5) is 21.9. The fourth-order valence-corrected chi connectivity index (χ4v) is 2.38. The van der Waals surface area contributed by atoms with Gasteiger partial charge in [-0.05, 0) is 12.1 Å². The molecule has 1 aromatic carbocycles. The molecule has 0 amide bonds. The van der Waals surface area contributed by atoms with E-state index in [0.29, 0.717) is 18.8 Å². The van der Waals surface area contributed by atoms with Gasteiger partial charge in [0.2, 0.25) is 5.95 Å². The standard InChI is InChI=1S/C16H17N5O/c1-18-15-9-14(19-16(17)20-15)11-4-2-5-12(8-11)21-7-3-6-13(22)10-21/h2-5,7-9H,6,10H2,1H3,(H3,17,18,19,20). The number of carbonyl (C=O) groups is 1. The Balaban J connectivity index is 1.97. The summed E-state index contributed by atoms with van der Waals surface area (Å²) >= 11 is 0. The number of allylic oxidation sites excluding steroid dienone is 1. The summed E-state index contributed by atoms with van der Waals surface area (Å²) < 4.78 is 0. The van der Waals surface area contributed by atoms with Gasteiger partial charge in [-0.15, -0.1) is 0 Å². The van der Waals surface area contributed by atoms with E-state index in [-0.39, 0.29) is 11.7 Å². The van der Waals surface area contributed by atoms with E-state index in [0.717, 1.165) is 16.9 Å². The van der Waals surface area contributed by atoms with Gasteiger partial charge < -0.3 is 16.0 Å². The number of nitrogen functional groups attached to an aromatic ring is 1. The van der Waals surface area contributed by atoms with Crippen molar-refractivity contribution in [3.8, 4) is 11.3 Å². The number of aromatic nitrogens is 2. The second-order valence-corrected chi connectivity index (χ2v) is 5.05. The molecule has 22 heavy (non-hydrogen) atoms. The fraction of sp³-hybridized carbons (Fsp3) is 0.188. The van der Waals surface area contributed by atoms with Crippen LogP contribution in [-0.4, -0.2) is 29.3 Å². The van der Waals surface area contributed by atoms with Crippen LogP contribution in [0.1, 0.15) is 6.42 Å². The van der Waals surface area contributed by atoms with E-state index < -0.39 is 0 Å². The van der Waals surface area contributed by atoms with E-state index in [1.165, 1.54) is 0 Å². The lowest BCUT2D eigenvalue weighted by Gasteiger charge is -2.23. The van der Waals surface area contributed by atoms with Crippen LogP contribution < -0.4 is 16.0 Å². The topological polar surface area (TPSA) is 84.1 Å². The van der Waals surface area contributed by atoms with E-state index in [1.807, 2.05) is 47.5 Å². The Morgan fingerprint density at radius 2 is 2.14 bits per heavy atom. The molecule has 1 aliphatic rings. The number of carbonyl (C=O) groups excluding carboxylic acids is 1. The van der Waals surface area contributed by atoms with Gasteiger partial charge in [-0.3, -0.25) is 4.79 Å². The molecule has 0 saturated heterocycles. The van der Waals surface area contributed by atoms with Crippen molar-refractivity contribution in [2.45, 2.75) is 6.42 Å². The quantitative estimate of drug-likeness (QED) is 0.901. The van der Waals surface area contributed by atoms with Gasteiger partial charge in [0.25, 0.3) is 0 Å². The molecule has 0 spiro atoms. The zero-order valence-corrected chi connectivity index (χ0v) is 12.3. The Kier molecular flexibility index (Phi) is 3.74. The van der Waals surface area contributed by atoms with E-state index in [9.17, 15) is 4.79 Å². The predicted molar refractivity (Wildman–Crippen MR) is 87.5 cm³/mol. The summed E-state index contributed by atoms with van der Waals surface area (Å²) in [6.07, 6.45) is 4.32. The molecule has 6 nitrogen and oxygen atoms in total. The van der Waals surface area contributed by atoms with Crippen LogP contribution >= 0.6 is 0 Å². The average molecular weight is 295 g/mol. The van der Waals surface area contributed by atoms with Crippen molar-refractivity contribution in [1.82, 2.24) is 9.97 Å². The van der Waals surface area contributed by atoms with Gasteiger partial charge in [0.1, 0.15) is 5.82 Å². The molecule has 2 aromatic rings. The number of hydrogen-bond donors (Lipinski definition) is 2. The summed E-state index contributed by atoms with van der Waals surface area (Å²) in [5.41, 5.74) is 8.36. The van der Waals surface area contributed by atoms with Gasteiger partial charge >= 0.3 is 0 Å². The predicted octanol–water partition coefficient (Wildman–Crippen LogP) is 2.06. The van der Waals surface area contributed by atoms with Gasteiger partial charge in [0, 0.05) is 37.0 Å². The first-order valence-corrected chi connectivity index (χ1v) is 7.03. The summed E-state index contributed by atoms with van der Waals surface area (Å²) in [5.74, 6) is 1.10. The molecule has 3 rings (SSSR count). The molecule has 0 atom stereocenters. The summed E-state index contributed by atoms with van der Waals surface area (Å²) in [6.45, 7) is 0.396. The van der Waals surface area contributed by atoms with Crippen molar-refractivity contribution < 1.29 is 4.79 Å². The lowest BCUT2D eigenvalue weighted by molar-refractivity contribution is -0.117. The first-order chi connectivity index (χ1) is 10.7. The van der Waals surface area contributed by atoms with Crippen LogP contribution in [0.4, 0.5) is 17.5 Å². The van der Waals surface area contributed by atoms with Gasteiger partial charge in [-0.25, -0.2) is 4.98 Å². The highest BCUT2D eigenvalue weighted by Gasteiger charge is 2.13. The molecular weight excluding hydrogens is 278 g/mol. The Bertz CT molecular complexity index is 741. The van der Waals surface area contributed by atoms with Gasteiger partial charge in [-0.1, -0.05) is 18.2 Å². The van der Waals surface area contributed by atoms with Crippen LogP contribution in [0.15, 0.2) is 42.6 Å². The third kappa shape index (κ3) is 2.90. The number of nitrogens with two attached hydrogens (primary N) is 1. The molecule has 0 unspecified atom stereocenters. The van der Waals surface area contributed by atoms with E-state index >= 15 is 0 Å². The molecule has 112 valence electrons. The molecule has 2 heterocycles. The zero-order valence-electron chi connectivity index (χ0n) is 12.3. The molecule has 3 N–H and O–H groups in total. The van der Waals surface area contributed by atoms with E-state index in [2.05, 4.69) is 15.3 Å². The van der Waals surface area contributed by atoms with Crippen molar-refractivity contribution in [1.29, 1.82) is 0 Å². The van der Waals surface area contributed by atoms with Crippen LogP contribution in [0.5, 0.6) is 0 Å². The highest BCUT2D eigenvalue weighted by molar-refractivity contribution is 5.87. The minimum Gasteiger partial charge on any atom is -0.373 e. The third-order valence-electron chi connectivity index (χ3n) is 3.45. The van der Waals surface area contributed by atoms with Crippen LogP contribution in [0.2, 0.25) is 0 Å². The molecule has 0 fully saturated rings.